The highest BCUT2D eigenvalue weighted by Gasteiger charge is 2.13. The normalized spacial score (nSPS) is 11.5. The molecule has 23 heavy (non-hydrogen) atoms. The van der Waals surface area contributed by atoms with Crippen LogP contribution in [0.3, 0.4) is 0 Å². The van der Waals surface area contributed by atoms with E-state index in [1.54, 1.807) is 53.6 Å². The van der Waals surface area contributed by atoms with E-state index in [0.29, 0.717) is 0 Å². The minimum Gasteiger partial charge on any atom is -0.275 e. The third-order valence-corrected chi connectivity index (χ3v) is 4.77. The molecule has 3 aromatic rings. The van der Waals surface area contributed by atoms with Crippen LogP contribution in [0.4, 0.5) is 0 Å². The number of pyridine rings is 1. The van der Waals surface area contributed by atoms with Crippen LogP contribution in [-0.2, 0) is 23.6 Å². The van der Waals surface area contributed by atoms with E-state index < -0.39 is 10.0 Å². The summed E-state index contributed by atoms with van der Waals surface area (Å²) in [4.78, 5) is 4.42. The van der Waals surface area contributed by atoms with Crippen LogP contribution < -0.4 is 4.72 Å². The molecule has 0 unspecified atom stereocenters. The fourth-order valence-electron chi connectivity index (χ4n) is 2.17. The zero-order chi connectivity index (χ0) is 16.3. The van der Waals surface area contributed by atoms with Gasteiger partial charge in [0.2, 0.25) is 10.0 Å². The number of nitrogens with one attached hydrogen (secondary N) is 1. The smallest absolute Gasteiger partial charge is 0.240 e. The summed E-state index contributed by atoms with van der Waals surface area (Å²) in [6.45, 7) is 0.179. The minimum atomic E-state index is -3.53. The predicted octanol–water partition coefficient (Wildman–Crippen LogP) is 1.96. The fourth-order valence-corrected chi connectivity index (χ4v) is 3.21. The summed E-state index contributed by atoms with van der Waals surface area (Å²) < 4.78 is 28.7. The third-order valence-electron chi connectivity index (χ3n) is 3.35. The first-order valence-corrected chi connectivity index (χ1v) is 8.50. The van der Waals surface area contributed by atoms with Crippen molar-refractivity contribution in [1.29, 1.82) is 0 Å². The summed E-state index contributed by atoms with van der Waals surface area (Å²) in [6.07, 6.45) is 7.00. The zero-order valence-corrected chi connectivity index (χ0v) is 13.4. The second-order valence-electron chi connectivity index (χ2n) is 5.12. The van der Waals surface area contributed by atoms with Gasteiger partial charge < -0.3 is 0 Å². The summed E-state index contributed by atoms with van der Waals surface area (Å²) in [5.41, 5.74) is 2.62. The van der Waals surface area contributed by atoms with Gasteiger partial charge >= 0.3 is 0 Å². The third kappa shape index (κ3) is 3.64. The van der Waals surface area contributed by atoms with Gasteiger partial charge in [0.05, 0.1) is 11.1 Å². The maximum Gasteiger partial charge on any atom is 0.240 e. The van der Waals surface area contributed by atoms with Gasteiger partial charge in [0.15, 0.2) is 0 Å². The molecule has 2 heterocycles. The van der Waals surface area contributed by atoms with E-state index in [2.05, 4.69) is 14.8 Å². The van der Waals surface area contributed by atoms with Crippen LogP contribution in [0.1, 0.15) is 5.56 Å². The Morgan fingerprint density at radius 2 is 1.87 bits per heavy atom. The molecule has 0 saturated heterocycles. The summed E-state index contributed by atoms with van der Waals surface area (Å²) >= 11 is 0. The number of rotatable bonds is 5. The molecule has 0 amide bonds. The molecule has 0 aliphatic carbocycles. The van der Waals surface area contributed by atoms with Crippen molar-refractivity contribution in [2.75, 3.05) is 0 Å². The first kappa shape index (κ1) is 15.4. The number of hydrogen-bond acceptors (Lipinski definition) is 4. The molecule has 0 bridgehead atoms. The van der Waals surface area contributed by atoms with Crippen LogP contribution >= 0.6 is 0 Å². The number of aryl methyl sites for hydroxylation is 1. The van der Waals surface area contributed by atoms with Crippen LogP contribution in [0, 0.1) is 0 Å². The molecule has 3 rings (SSSR count). The molecule has 0 spiro atoms. The van der Waals surface area contributed by atoms with E-state index in [0.717, 1.165) is 16.7 Å². The molecule has 0 fully saturated rings. The highest BCUT2D eigenvalue weighted by atomic mass is 32.2. The van der Waals surface area contributed by atoms with E-state index in [4.69, 9.17) is 0 Å². The highest BCUT2D eigenvalue weighted by Crippen LogP contribution is 2.18. The molecule has 1 aromatic carbocycles. The number of benzene rings is 1. The van der Waals surface area contributed by atoms with Gasteiger partial charge in [-0.05, 0) is 23.8 Å². The Kier molecular flexibility index (Phi) is 4.22. The average molecular weight is 328 g/mol. The Bertz CT molecular complexity index is 905. The van der Waals surface area contributed by atoms with Gasteiger partial charge in [-0.15, -0.1) is 0 Å². The second kappa shape index (κ2) is 6.31. The quantitative estimate of drug-likeness (QED) is 0.777. The minimum absolute atomic E-state index is 0.179. The van der Waals surface area contributed by atoms with Gasteiger partial charge in [0.25, 0.3) is 0 Å². The average Bonchev–Trinajstić information content (AvgIpc) is 3.01. The Labute approximate surface area is 134 Å². The van der Waals surface area contributed by atoms with Crippen molar-refractivity contribution in [2.24, 2.45) is 7.05 Å². The first-order valence-electron chi connectivity index (χ1n) is 7.02. The van der Waals surface area contributed by atoms with Gasteiger partial charge in [-0.25, -0.2) is 13.1 Å². The Balaban J connectivity index is 1.76. The standard InChI is InChI=1S/C16H16N4O2S/c1-20-12-15(11-18-20)14-7-13(8-17-10-14)9-19-23(21,22)16-5-3-2-4-6-16/h2-8,10-12,19H,9H2,1H3. The van der Waals surface area contributed by atoms with E-state index in [9.17, 15) is 8.42 Å². The van der Waals surface area contributed by atoms with Crippen LogP contribution in [0.5, 0.6) is 0 Å². The second-order valence-corrected chi connectivity index (χ2v) is 6.89. The first-order chi connectivity index (χ1) is 11.0. The maximum absolute atomic E-state index is 12.2. The number of hydrogen-bond donors (Lipinski definition) is 1. The summed E-state index contributed by atoms with van der Waals surface area (Å²) in [6, 6.07) is 10.2. The molecular formula is C16H16N4O2S. The molecule has 0 radical (unpaired) electrons. The lowest BCUT2D eigenvalue weighted by Crippen LogP contribution is -2.23. The molecule has 0 aliphatic heterocycles. The fraction of sp³-hybridized carbons (Fsp3) is 0.125. The van der Waals surface area contributed by atoms with Gasteiger partial charge in [0, 0.05) is 43.3 Å². The van der Waals surface area contributed by atoms with Crippen molar-refractivity contribution >= 4 is 10.0 Å². The van der Waals surface area contributed by atoms with Gasteiger partial charge in [-0.2, -0.15) is 5.10 Å². The zero-order valence-electron chi connectivity index (χ0n) is 12.5. The lowest BCUT2D eigenvalue weighted by molar-refractivity contribution is 0.581. The highest BCUT2D eigenvalue weighted by molar-refractivity contribution is 7.89. The van der Waals surface area contributed by atoms with Crippen LogP contribution in [-0.4, -0.2) is 23.2 Å². The molecular weight excluding hydrogens is 312 g/mol. The largest absolute Gasteiger partial charge is 0.275 e. The van der Waals surface area contributed by atoms with Crippen molar-refractivity contribution in [3.63, 3.8) is 0 Å². The van der Waals surface area contributed by atoms with Gasteiger partial charge in [-0.1, -0.05) is 18.2 Å². The molecule has 0 atom stereocenters. The Hall–Kier alpha value is -2.51. The Morgan fingerprint density at radius 3 is 2.57 bits per heavy atom. The molecule has 7 heteroatoms. The summed E-state index contributed by atoms with van der Waals surface area (Å²) in [5, 5.41) is 4.12. The van der Waals surface area contributed by atoms with Crippen molar-refractivity contribution in [2.45, 2.75) is 11.4 Å². The Morgan fingerprint density at radius 1 is 1.09 bits per heavy atom. The molecule has 2 aromatic heterocycles. The van der Waals surface area contributed by atoms with Crippen molar-refractivity contribution in [1.82, 2.24) is 19.5 Å². The lowest BCUT2D eigenvalue weighted by atomic mass is 10.1. The number of nitrogens with zero attached hydrogens (tertiary/aromatic N) is 3. The summed E-state index contributed by atoms with van der Waals surface area (Å²) in [7, 11) is -1.68. The molecule has 1 N–H and O–H groups in total. The number of sulfonamides is 1. The molecule has 118 valence electrons. The topological polar surface area (TPSA) is 76.9 Å². The molecule has 0 aliphatic rings. The van der Waals surface area contributed by atoms with Crippen molar-refractivity contribution in [3.05, 3.63) is 66.7 Å². The van der Waals surface area contributed by atoms with Crippen LogP contribution in [0.25, 0.3) is 11.1 Å². The van der Waals surface area contributed by atoms with E-state index in [-0.39, 0.29) is 11.4 Å². The van der Waals surface area contributed by atoms with Crippen molar-refractivity contribution in [3.8, 4) is 11.1 Å². The lowest BCUT2D eigenvalue weighted by Gasteiger charge is -2.07. The molecule has 0 saturated carbocycles. The monoisotopic (exact) mass is 328 g/mol. The van der Waals surface area contributed by atoms with Gasteiger partial charge in [-0.3, -0.25) is 9.67 Å². The van der Waals surface area contributed by atoms with Crippen LogP contribution in [0.15, 0.2) is 66.1 Å². The predicted molar refractivity (Wildman–Crippen MR) is 86.9 cm³/mol. The van der Waals surface area contributed by atoms with Crippen LogP contribution in [0.2, 0.25) is 0 Å². The maximum atomic E-state index is 12.2. The molecule has 6 nitrogen and oxygen atoms in total. The SMILES string of the molecule is Cn1cc(-c2cncc(CNS(=O)(=O)c3ccccc3)c2)cn1. The number of aromatic nitrogens is 3. The van der Waals surface area contributed by atoms with E-state index in [1.165, 1.54) is 0 Å². The summed E-state index contributed by atoms with van der Waals surface area (Å²) in [5.74, 6) is 0. The van der Waals surface area contributed by atoms with Crippen molar-refractivity contribution < 1.29 is 8.42 Å². The van der Waals surface area contributed by atoms with E-state index in [1.807, 2.05) is 19.3 Å². The van der Waals surface area contributed by atoms with E-state index >= 15 is 0 Å². The van der Waals surface area contributed by atoms with Gasteiger partial charge in [0.1, 0.15) is 0 Å².